The van der Waals surface area contributed by atoms with Crippen LogP contribution in [0.5, 0.6) is 5.75 Å². The molecule has 20 heavy (non-hydrogen) atoms. The first-order valence-electron chi connectivity index (χ1n) is 6.81. The molecule has 0 amide bonds. The normalized spacial score (nSPS) is 13.8. The maximum absolute atomic E-state index is 10.7. The Bertz CT molecular complexity index is 425. The molecule has 0 aromatic heterocycles. The number of hydrogen-bond donors (Lipinski definition) is 2. The number of carboxylic acids is 1. The Hall–Kier alpha value is -1.26. The van der Waals surface area contributed by atoms with Gasteiger partial charge >= 0.3 is 5.97 Å². The molecule has 0 aliphatic carbocycles. The first kappa shape index (κ1) is 16.8. The van der Waals surface area contributed by atoms with E-state index in [0.29, 0.717) is 24.1 Å². The van der Waals surface area contributed by atoms with Gasteiger partial charge in [0.25, 0.3) is 0 Å². The predicted octanol–water partition coefficient (Wildman–Crippen LogP) is 3.18. The van der Waals surface area contributed by atoms with Crippen LogP contribution in [0.3, 0.4) is 0 Å². The van der Waals surface area contributed by atoms with Crippen molar-refractivity contribution in [3.63, 3.8) is 0 Å². The largest absolute Gasteiger partial charge is 0.494 e. The van der Waals surface area contributed by atoms with Crippen LogP contribution < -0.4 is 10.5 Å². The number of carbonyl (C=O) groups is 1. The van der Waals surface area contributed by atoms with Gasteiger partial charge in [-0.05, 0) is 49.4 Å². The number of ether oxygens (including phenoxy) is 1. The molecule has 2 unspecified atom stereocenters. The smallest absolute Gasteiger partial charge is 0.303 e. The zero-order chi connectivity index (χ0) is 15.0. The van der Waals surface area contributed by atoms with Crippen LogP contribution in [0.4, 0.5) is 0 Å². The summed E-state index contributed by atoms with van der Waals surface area (Å²) >= 11 is 5.87. The Morgan fingerprint density at radius 3 is 2.85 bits per heavy atom. The van der Waals surface area contributed by atoms with Crippen molar-refractivity contribution in [2.24, 2.45) is 17.6 Å². The summed E-state index contributed by atoms with van der Waals surface area (Å²) in [5.41, 5.74) is 5.60. The van der Waals surface area contributed by atoms with Gasteiger partial charge in [0.15, 0.2) is 0 Å². The summed E-state index contributed by atoms with van der Waals surface area (Å²) in [4.78, 5) is 10.7. The molecule has 0 aliphatic heterocycles. The highest BCUT2D eigenvalue weighted by molar-refractivity contribution is 6.30. The zero-order valence-corrected chi connectivity index (χ0v) is 12.5. The van der Waals surface area contributed by atoms with Crippen LogP contribution in [-0.2, 0) is 4.79 Å². The second-order valence-corrected chi connectivity index (χ2v) is 5.57. The van der Waals surface area contributed by atoms with Gasteiger partial charge in [0.2, 0.25) is 0 Å². The Morgan fingerprint density at radius 2 is 2.25 bits per heavy atom. The molecule has 0 fully saturated rings. The first-order valence-corrected chi connectivity index (χ1v) is 7.19. The lowest BCUT2D eigenvalue weighted by Crippen LogP contribution is -2.21. The fourth-order valence-electron chi connectivity index (χ4n) is 2.13. The summed E-state index contributed by atoms with van der Waals surface area (Å²) in [6, 6.07) is 7.29. The van der Waals surface area contributed by atoms with Crippen LogP contribution in [0.15, 0.2) is 24.3 Å². The third kappa shape index (κ3) is 6.78. The molecule has 1 rings (SSSR count). The molecule has 3 N–H and O–H groups in total. The third-order valence-electron chi connectivity index (χ3n) is 3.21. The molecule has 0 saturated carbocycles. The second-order valence-electron chi connectivity index (χ2n) is 5.13. The quantitative estimate of drug-likeness (QED) is 0.734. The number of benzene rings is 1. The van der Waals surface area contributed by atoms with Gasteiger partial charge < -0.3 is 15.6 Å². The molecular weight excluding hydrogens is 278 g/mol. The molecule has 0 aliphatic rings. The molecule has 1 aromatic rings. The maximum Gasteiger partial charge on any atom is 0.303 e. The monoisotopic (exact) mass is 299 g/mol. The summed E-state index contributed by atoms with van der Waals surface area (Å²) in [6.07, 6.45) is 1.81. The van der Waals surface area contributed by atoms with Crippen LogP contribution in [0.25, 0.3) is 0 Å². The number of carboxylic acid groups (broad SMARTS) is 1. The van der Waals surface area contributed by atoms with Gasteiger partial charge in [-0.1, -0.05) is 24.6 Å². The number of halogens is 1. The molecule has 4 nitrogen and oxygen atoms in total. The summed E-state index contributed by atoms with van der Waals surface area (Å²) < 4.78 is 5.62. The minimum atomic E-state index is -0.789. The topological polar surface area (TPSA) is 72.5 Å². The van der Waals surface area contributed by atoms with E-state index in [1.807, 2.05) is 12.1 Å². The predicted molar refractivity (Wildman–Crippen MR) is 80.1 cm³/mol. The highest BCUT2D eigenvalue weighted by Crippen LogP contribution is 2.20. The average Bonchev–Trinajstić information content (AvgIpc) is 2.37. The minimum Gasteiger partial charge on any atom is -0.494 e. The first-order chi connectivity index (χ1) is 9.51. The fourth-order valence-corrected chi connectivity index (χ4v) is 2.31. The number of nitrogens with two attached hydrogens (primary N) is 1. The van der Waals surface area contributed by atoms with Crippen molar-refractivity contribution in [2.45, 2.75) is 26.2 Å². The van der Waals surface area contributed by atoms with Crippen molar-refractivity contribution in [1.82, 2.24) is 0 Å². The fraction of sp³-hybridized carbons (Fsp3) is 0.533. The van der Waals surface area contributed by atoms with Gasteiger partial charge in [-0.15, -0.1) is 0 Å². The highest BCUT2D eigenvalue weighted by atomic mass is 35.5. The van der Waals surface area contributed by atoms with E-state index in [4.69, 9.17) is 27.2 Å². The lowest BCUT2D eigenvalue weighted by atomic mass is 9.91. The molecule has 0 radical (unpaired) electrons. The van der Waals surface area contributed by atoms with E-state index >= 15 is 0 Å². The number of hydrogen-bond acceptors (Lipinski definition) is 3. The van der Waals surface area contributed by atoms with Gasteiger partial charge in [-0.2, -0.15) is 0 Å². The molecule has 1 aromatic carbocycles. The molecule has 2 atom stereocenters. The van der Waals surface area contributed by atoms with E-state index in [2.05, 4.69) is 6.92 Å². The molecule has 112 valence electrons. The Labute approximate surface area is 124 Å². The summed E-state index contributed by atoms with van der Waals surface area (Å²) in [7, 11) is 0. The summed E-state index contributed by atoms with van der Waals surface area (Å²) in [5.74, 6) is 0.379. The molecule has 5 heteroatoms. The number of rotatable bonds is 9. The van der Waals surface area contributed by atoms with Crippen LogP contribution in [0, 0.1) is 11.8 Å². The SMILES string of the molecule is CC(CCOc1cccc(Cl)c1)CC(CN)CC(=O)O. The standard InChI is InChI=1S/C15H22ClNO3/c1-11(7-12(10-17)8-15(18)19)5-6-20-14-4-2-3-13(16)9-14/h2-4,9,11-12H,5-8,10,17H2,1H3,(H,18,19). The van der Waals surface area contributed by atoms with Crippen molar-refractivity contribution in [3.8, 4) is 5.75 Å². The van der Waals surface area contributed by atoms with E-state index in [9.17, 15) is 4.79 Å². The molecule has 0 bridgehead atoms. The van der Waals surface area contributed by atoms with Crippen molar-refractivity contribution in [3.05, 3.63) is 29.3 Å². The van der Waals surface area contributed by atoms with Crippen LogP contribution in [0.1, 0.15) is 26.2 Å². The van der Waals surface area contributed by atoms with Crippen LogP contribution >= 0.6 is 11.6 Å². The van der Waals surface area contributed by atoms with Gasteiger partial charge in [0.05, 0.1) is 6.61 Å². The van der Waals surface area contributed by atoms with Crippen LogP contribution in [0.2, 0.25) is 5.02 Å². The van der Waals surface area contributed by atoms with E-state index in [-0.39, 0.29) is 12.3 Å². The second kappa shape index (κ2) is 8.82. The average molecular weight is 300 g/mol. The van der Waals surface area contributed by atoms with Crippen molar-refractivity contribution in [2.75, 3.05) is 13.2 Å². The van der Waals surface area contributed by atoms with E-state index < -0.39 is 5.97 Å². The Kier molecular flexibility index (Phi) is 7.41. The number of aliphatic carboxylic acids is 1. The van der Waals surface area contributed by atoms with Crippen molar-refractivity contribution >= 4 is 17.6 Å². The van der Waals surface area contributed by atoms with Crippen molar-refractivity contribution in [1.29, 1.82) is 0 Å². The Morgan fingerprint density at radius 1 is 1.50 bits per heavy atom. The lowest BCUT2D eigenvalue weighted by molar-refractivity contribution is -0.138. The third-order valence-corrected chi connectivity index (χ3v) is 3.44. The van der Waals surface area contributed by atoms with Crippen LogP contribution in [-0.4, -0.2) is 24.2 Å². The zero-order valence-electron chi connectivity index (χ0n) is 11.7. The van der Waals surface area contributed by atoms with Crippen molar-refractivity contribution < 1.29 is 14.6 Å². The minimum absolute atomic E-state index is 0.0358. The highest BCUT2D eigenvalue weighted by Gasteiger charge is 2.15. The van der Waals surface area contributed by atoms with E-state index in [0.717, 1.165) is 18.6 Å². The maximum atomic E-state index is 10.7. The van der Waals surface area contributed by atoms with E-state index in [1.165, 1.54) is 0 Å². The van der Waals surface area contributed by atoms with Gasteiger partial charge in [-0.25, -0.2) is 0 Å². The summed E-state index contributed by atoms with van der Waals surface area (Å²) in [5, 5.41) is 9.44. The lowest BCUT2D eigenvalue weighted by Gasteiger charge is -2.18. The molecule has 0 saturated heterocycles. The van der Waals surface area contributed by atoms with E-state index in [1.54, 1.807) is 12.1 Å². The molecular formula is C15H22ClNO3. The van der Waals surface area contributed by atoms with Gasteiger partial charge in [0.1, 0.15) is 5.75 Å². The van der Waals surface area contributed by atoms with Gasteiger partial charge in [0, 0.05) is 11.4 Å². The molecule has 0 spiro atoms. The molecule has 0 heterocycles. The summed E-state index contributed by atoms with van der Waals surface area (Å²) in [6.45, 7) is 3.09. The Balaban J connectivity index is 2.28. The van der Waals surface area contributed by atoms with Gasteiger partial charge in [-0.3, -0.25) is 4.79 Å².